The second-order valence-corrected chi connectivity index (χ2v) is 5.31. The fraction of sp³-hybridized carbons (Fsp3) is 1.00. The summed E-state index contributed by atoms with van der Waals surface area (Å²) in [6.07, 6.45) is 4.37. The third kappa shape index (κ3) is 3.08. The van der Waals surface area contributed by atoms with Crippen LogP contribution in [0.1, 0.15) is 19.3 Å². The Morgan fingerprint density at radius 1 is 1.50 bits per heavy atom. The van der Waals surface area contributed by atoms with Gasteiger partial charge in [-0.15, -0.1) is 0 Å². The average molecular weight is 192 g/mol. The van der Waals surface area contributed by atoms with Gasteiger partial charge >= 0.3 is 0 Å². The highest BCUT2D eigenvalue weighted by Gasteiger charge is 2.24. The highest BCUT2D eigenvalue weighted by molar-refractivity contribution is 7.88. The number of sulfonamides is 1. The highest BCUT2D eigenvalue weighted by atomic mass is 32.2. The fourth-order valence-corrected chi connectivity index (χ4v) is 2.09. The van der Waals surface area contributed by atoms with Crippen LogP contribution in [0.2, 0.25) is 0 Å². The summed E-state index contributed by atoms with van der Waals surface area (Å²) < 4.78 is 24.0. The molecule has 5 heteroatoms. The quantitative estimate of drug-likeness (QED) is 0.642. The third-order valence-electron chi connectivity index (χ3n) is 2.33. The fourth-order valence-electron chi connectivity index (χ4n) is 1.58. The largest absolute Gasteiger partial charge is 0.327 e. The van der Waals surface area contributed by atoms with Gasteiger partial charge in [-0.25, -0.2) is 13.1 Å². The predicted octanol–water partition coefficient (Wildman–Crippen LogP) is -0.337. The van der Waals surface area contributed by atoms with Crippen molar-refractivity contribution in [2.24, 2.45) is 11.7 Å². The maximum Gasteiger partial charge on any atom is 0.208 e. The topological polar surface area (TPSA) is 72.2 Å². The van der Waals surface area contributed by atoms with Gasteiger partial charge in [0, 0.05) is 12.6 Å². The first-order valence-corrected chi connectivity index (χ1v) is 6.08. The lowest BCUT2D eigenvalue weighted by Crippen LogP contribution is -2.35. The number of hydrogen-bond acceptors (Lipinski definition) is 3. The Bertz CT molecular complexity index is 238. The normalized spacial score (nSPS) is 30.8. The van der Waals surface area contributed by atoms with E-state index in [0.717, 1.165) is 19.3 Å². The van der Waals surface area contributed by atoms with Crippen LogP contribution in [0.4, 0.5) is 0 Å². The second-order valence-electron chi connectivity index (χ2n) is 3.48. The summed E-state index contributed by atoms with van der Waals surface area (Å²) in [5.74, 6) is 0.333. The van der Waals surface area contributed by atoms with E-state index in [1.165, 1.54) is 6.26 Å². The average Bonchev–Trinajstić information content (AvgIpc) is 2.29. The van der Waals surface area contributed by atoms with Crippen molar-refractivity contribution >= 4 is 10.0 Å². The maximum atomic E-state index is 10.7. The van der Waals surface area contributed by atoms with Crippen molar-refractivity contribution in [1.29, 1.82) is 0 Å². The van der Waals surface area contributed by atoms with Gasteiger partial charge in [0.05, 0.1) is 6.26 Å². The molecule has 1 saturated carbocycles. The Morgan fingerprint density at radius 3 is 2.58 bits per heavy atom. The van der Waals surface area contributed by atoms with E-state index in [1.807, 2.05) is 0 Å². The van der Waals surface area contributed by atoms with Crippen molar-refractivity contribution in [3.63, 3.8) is 0 Å². The molecule has 0 saturated heterocycles. The van der Waals surface area contributed by atoms with Gasteiger partial charge in [0.15, 0.2) is 0 Å². The van der Waals surface area contributed by atoms with Gasteiger partial charge < -0.3 is 5.73 Å². The van der Waals surface area contributed by atoms with Gasteiger partial charge in [-0.3, -0.25) is 0 Å². The minimum Gasteiger partial charge on any atom is -0.327 e. The lowest BCUT2D eigenvalue weighted by Gasteiger charge is -2.14. The molecule has 72 valence electrons. The molecule has 3 N–H and O–H groups in total. The van der Waals surface area contributed by atoms with Crippen molar-refractivity contribution in [2.75, 3.05) is 12.8 Å². The Hall–Kier alpha value is -0.130. The lowest BCUT2D eigenvalue weighted by molar-refractivity contribution is 0.470. The molecule has 0 spiro atoms. The van der Waals surface area contributed by atoms with Gasteiger partial charge in [0.25, 0.3) is 0 Å². The van der Waals surface area contributed by atoms with E-state index in [1.54, 1.807) is 0 Å². The van der Waals surface area contributed by atoms with Crippen molar-refractivity contribution in [2.45, 2.75) is 25.3 Å². The molecule has 0 unspecified atom stereocenters. The van der Waals surface area contributed by atoms with E-state index < -0.39 is 10.0 Å². The van der Waals surface area contributed by atoms with Crippen LogP contribution in [-0.2, 0) is 10.0 Å². The first-order chi connectivity index (χ1) is 5.49. The first kappa shape index (κ1) is 9.95. The lowest BCUT2D eigenvalue weighted by atomic mass is 10.1. The van der Waals surface area contributed by atoms with Crippen LogP contribution in [0.3, 0.4) is 0 Å². The molecule has 0 radical (unpaired) electrons. The van der Waals surface area contributed by atoms with Gasteiger partial charge in [0.1, 0.15) is 0 Å². The number of hydrogen-bond donors (Lipinski definition) is 2. The summed E-state index contributed by atoms with van der Waals surface area (Å²) >= 11 is 0. The van der Waals surface area contributed by atoms with Crippen molar-refractivity contribution < 1.29 is 8.42 Å². The molecule has 0 aliphatic heterocycles. The van der Waals surface area contributed by atoms with Crippen LogP contribution >= 0.6 is 0 Å². The second kappa shape index (κ2) is 3.72. The first-order valence-electron chi connectivity index (χ1n) is 4.19. The molecule has 1 fully saturated rings. The summed E-state index contributed by atoms with van der Waals surface area (Å²) in [6, 6.07) is 0.180. The molecule has 12 heavy (non-hydrogen) atoms. The number of nitrogens with one attached hydrogen (secondary N) is 1. The molecule has 0 aromatic rings. The summed E-state index contributed by atoms with van der Waals surface area (Å²) in [5.41, 5.74) is 5.77. The molecule has 1 aliphatic rings. The van der Waals surface area contributed by atoms with E-state index in [2.05, 4.69) is 4.72 Å². The van der Waals surface area contributed by atoms with Crippen LogP contribution < -0.4 is 10.5 Å². The molecule has 2 atom stereocenters. The van der Waals surface area contributed by atoms with E-state index in [4.69, 9.17) is 5.73 Å². The number of nitrogens with two attached hydrogens (primary N) is 1. The molecule has 0 heterocycles. The number of rotatable bonds is 3. The monoisotopic (exact) mass is 192 g/mol. The molecule has 0 amide bonds. The van der Waals surface area contributed by atoms with Gasteiger partial charge in [-0.05, 0) is 18.8 Å². The minimum absolute atomic E-state index is 0.180. The van der Waals surface area contributed by atoms with E-state index >= 15 is 0 Å². The summed E-state index contributed by atoms with van der Waals surface area (Å²) in [5, 5.41) is 0. The van der Waals surface area contributed by atoms with Crippen LogP contribution in [0.5, 0.6) is 0 Å². The maximum absolute atomic E-state index is 10.7. The molecule has 0 aromatic carbocycles. The molecule has 1 aliphatic carbocycles. The van der Waals surface area contributed by atoms with Crippen LogP contribution in [0.15, 0.2) is 0 Å². The predicted molar refractivity (Wildman–Crippen MR) is 48.2 cm³/mol. The highest BCUT2D eigenvalue weighted by Crippen LogP contribution is 2.22. The van der Waals surface area contributed by atoms with E-state index in [0.29, 0.717) is 12.5 Å². The van der Waals surface area contributed by atoms with E-state index in [9.17, 15) is 8.42 Å². The minimum atomic E-state index is -3.04. The zero-order valence-corrected chi connectivity index (χ0v) is 8.10. The van der Waals surface area contributed by atoms with Crippen molar-refractivity contribution in [3.05, 3.63) is 0 Å². The Morgan fingerprint density at radius 2 is 2.17 bits per heavy atom. The third-order valence-corrected chi connectivity index (χ3v) is 3.02. The van der Waals surface area contributed by atoms with Crippen LogP contribution in [-0.4, -0.2) is 27.3 Å². The SMILES string of the molecule is CS(=O)(=O)NC[C@@H]1CCC[C@H]1N. The van der Waals surface area contributed by atoms with Crippen LogP contribution in [0, 0.1) is 5.92 Å². The molecule has 0 aromatic heterocycles. The van der Waals surface area contributed by atoms with E-state index in [-0.39, 0.29) is 6.04 Å². The van der Waals surface area contributed by atoms with Gasteiger partial charge in [-0.2, -0.15) is 0 Å². The molecule has 0 bridgehead atoms. The summed E-state index contributed by atoms with van der Waals surface area (Å²) in [7, 11) is -3.04. The smallest absolute Gasteiger partial charge is 0.208 e. The van der Waals surface area contributed by atoms with Crippen molar-refractivity contribution in [3.8, 4) is 0 Å². The zero-order valence-electron chi connectivity index (χ0n) is 7.29. The Labute approximate surface area is 73.6 Å². The molecule has 4 nitrogen and oxygen atoms in total. The summed E-state index contributed by atoms with van der Waals surface area (Å²) in [4.78, 5) is 0. The van der Waals surface area contributed by atoms with Crippen molar-refractivity contribution in [1.82, 2.24) is 4.72 Å². The van der Waals surface area contributed by atoms with Gasteiger partial charge in [0.2, 0.25) is 10.0 Å². The zero-order chi connectivity index (χ0) is 9.19. The summed E-state index contributed by atoms with van der Waals surface area (Å²) in [6.45, 7) is 0.500. The van der Waals surface area contributed by atoms with Crippen LogP contribution in [0.25, 0.3) is 0 Å². The molecular formula is C7H16N2O2S. The van der Waals surface area contributed by atoms with Gasteiger partial charge in [-0.1, -0.05) is 6.42 Å². The standard InChI is InChI=1S/C7H16N2O2S/c1-12(10,11)9-5-6-3-2-4-7(6)8/h6-7,9H,2-5,8H2,1H3/t6-,7+/m0/s1. The Kier molecular flexibility index (Phi) is 3.09. The molecular weight excluding hydrogens is 176 g/mol. The Balaban J connectivity index is 2.32. The molecule has 1 rings (SSSR count).